The van der Waals surface area contributed by atoms with Gasteiger partial charge in [0.1, 0.15) is 40.7 Å². The Morgan fingerprint density at radius 1 is 0.529 bits per heavy atom. The number of carbonyl (C=O) groups is 6. The van der Waals surface area contributed by atoms with E-state index in [1.807, 2.05) is 40.7 Å². The molecule has 0 rings (SSSR count). The SMILES string of the molecule is C=O.C=O.C=O.C=O.C=O.C=O.[NH4+].[O]=[V](=[O])[O-]. The molecule has 10 nitrogen and oxygen atoms in total. The van der Waals surface area contributed by atoms with Gasteiger partial charge in [-0.1, -0.05) is 0 Å². The quantitative estimate of drug-likeness (QED) is 0.517. The third-order valence-electron chi connectivity index (χ3n) is 0. The summed E-state index contributed by atoms with van der Waals surface area (Å²) in [5.74, 6) is 0. The van der Waals surface area contributed by atoms with Crippen LogP contribution in [0.1, 0.15) is 0 Å². The van der Waals surface area contributed by atoms with Gasteiger partial charge in [0.25, 0.3) is 0 Å². The average Bonchev–Trinajstić information content (AvgIpc) is 2.42. The van der Waals surface area contributed by atoms with Gasteiger partial charge >= 0.3 is 26.8 Å². The van der Waals surface area contributed by atoms with Crippen molar-refractivity contribution in [2.75, 3.05) is 0 Å². The Morgan fingerprint density at radius 2 is 0.529 bits per heavy atom. The molecule has 0 aliphatic rings. The van der Waals surface area contributed by atoms with Crippen molar-refractivity contribution in [2.24, 2.45) is 0 Å². The van der Waals surface area contributed by atoms with Crippen LogP contribution in [0.25, 0.3) is 0 Å². The minimum atomic E-state index is -3.94. The van der Waals surface area contributed by atoms with Crippen molar-refractivity contribution in [3.63, 3.8) is 0 Å². The average molecular weight is 297 g/mol. The Morgan fingerprint density at radius 3 is 0.529 bits per heavy atom. The fourth-order valence-corrected chi connectivity index (χ4v) is 0. The molecule has 0 aromatic carbocycles. The minimum absolute atomic E-state index is 0. The Hall–Kier alpha value is -1.88. The van der Waals surface area contributed by atoms with E-state index in [4.69, 9.17) is 40.1 Å². The second-order valence-electron chi connectivity index (χ2n) is 0.224. The molecular weight excluding hydrogens is 281 g/mol. The molecule has 0 atom stereocenters. The van der Waals surface area contributed by atoms with Crippen molar-refractivity contribution in [2.45, 2.75) is 0 Å². The van der Waals surface area contributed by atoms with Gasteiger partial charge in [0.15, 0.2) is 0 Å². The van der Waals surface area contributed by atoms with Crippen LogP contribution < -0.4 is 10.2 Å². The van der Waals surface area contributed by atoms with Crippen molar-refractivity contribution in [3.8, 4) is 0 Å². The molecule has 0 fully saturated rings. The maximum absolute atomic E-state index is 8.56. The van der Waals surface area contributed by atoms with Gasteiger partial charge in [0, 0.05) is 0 Å². The van der Waals surface area contributed by atoms with E-state index in [0.29, 0.717) is 0 Å². The first-order valence-electron chi connectivity index (χ1n) is 2.28. The Kier molecular flexibility index (Phi) is 6730. The zero-order valence-electron chi connectivity index (χ0n) is 9.36. The number of quaternary nitrogens is 1. The summed E-state index contributed by atoms with van der Waals surface area (Å²) in [5, 5.41) is 0. The van der Waals surface area contributed by atoms with Crippen LogP contribution in [0.3, 0.4) is 0 Å². The molecule has 0 radical (unpaired) electrons. The molecule has 0 spiro atoms. The van der Waals surface area contributed by atoms with Crippen LogP contribution in [-0.2, 0) is 51.5 Å². The molecule has 0 aromatic heterocycles. The van der Waals surface area contributed by atoms with E-state index >= 15 is 0 Å². The predicted octanol–water partition coefficient (Wildman–Crippen LogP) is -2.16. The molecule has 0 aliphatic heterocycles. The molecule has 0 unspecified atom stereocenters. The summed E-state index contributed by atoms with van der Waals surface area (Å²) in [4.78, 5) is 48.0. The Bertz CT molecular complexity index is 120. The standard InChI is InChI=1S/6CH2O.H3N.3O.V/c6*1-2;;;;;/h6*1H2;1H3;;;;/q;;;;;;;;;-1;/p+1. The summed E-state index contributed by atoms with van der Waals surface area (Å²) in [7, 11) is 0. The van der Waals surface area contributed by atoms with Gasteiger partial charge in [0.05, 0.1) is 0 Å². The summed E-state index contributed by atoms with van der Waals surface area (Å²) in [5.41, 5.74) is 0. The Balaban J connectivity index is -0.00000000946. The monoisotopic (exact) mass is 297 g/mol. The number of hydrogen-bond acceptors (Lipinski definition) is 9. The molecule has 0 bridgehead atoms. The van der Waals surface area contributed by atoms with E-state index < -0.39 is 15.4 Å². The van der Waals surface area contributed by atoms with E-state index in [1.54, 1.807) is 0 Å². The van der Waals surface area contributed by atoms with Gasteiger partial charge in [-0.05, 0) is 0 Å². The molecule has 0 saturated carbocycles. The van der Waals surface area contributed by atoms with Crippen molar-refractivity contribution >= 4 is 40.7 Å². The maximum atomic E-state index is 8.56. The van der Waals surface area contributed by atoms with Crippen LogP contribution in [0.2, 0.25) is 0 Å². The van der Waals surface area contributed by atoms with Gasteiger partial charge < -0.3 is 34.9 Å². The first kappa shape index (κ1) is 59.4. The fraction of sp³-hybridized carbons (Fsp3) is 0. The number of hydrogen-bond donors (Lipinski definition) is 1. The summed E-state index contributed by atoms with van der Waals surface area (Å²) in [6.07, 6.45) is 0. The van der Waals surface area contributed by atoms with Crippen molar-refractivity contribution in [1.82, 2.24) is 6.15 Å². The molecule has 17 heavy (non-hydrogen) atoms. The predicted molar refractivity (Wildman–Crippen MR) is 50.1 cm³/mol. The van der Waals surface area contributed by atoms with Gasteiger partial charge in [-0.3, -0.25) is 0 Å². The van der Waals surface area contributed by atoms with Crippen LogP contribution in [0.4, 0.5) is 0 Å². The van der Waals surface area contributed by atoms with Crippen molar-refractivity contribution < 1.29 is 55.5 Å². The van der Waals surface area contributed by atoms with Gasteiger partial charge in [-0.25, -0.2) is 0 Å². The van der Waals surface area contributed by atoms with Crippen LogP contribution in [-0.4, -0.2) is 40.7 Å². The van der Waals surface area contributed by atoms with Crippen molar-refractivity contribution in [1.29, 1.82) is 0 Å². The van der Waals surface area contributed by atoms with E-state index in [1.165, 1.54) is 0 Å². The van der Waals surface area contributed by atoms with Crippen LogP contribution in [0.15, 0.2) is 0 Å². The molecule has 0 heterocycles. The first-order chi connectivity index (χ1) is 7.73. The Labute approximate surface area is 103 Å². The van der Waals surface area contributed by atoms with E-state index in [-0.39, 0.29) is 6.15 Å². The van der Waals surface area contributed by atoms with E-state index in [2.05, 4.69) is 0 Å². The van der Waals surface area contributed by atoms with E-state index in [9.17, 15) is 0 Å². The molecule has 0 aliphatic carbocycles. The van der Waals surface area contributed by atoms with E-state index in [0.717, 1.165) is 0 Å². The molecule has 0 saturated heterocycles. The summed E-state index contributed by atoms with van der Waals surface area (Å²) >= 11 is -3.94. The molecule has 104 valence electrons. The van der Waals surface area contributed by atoms with Gasteiger partial charge in [-0.15, -0.1) is 0 Å². The molecular formula is C6H16NO9V. The molecule has 0 amide bonds. The third-order valence-corrected chi connectivity index (χ3v) is 0. The fourth-order valence-electron chi connectivity index (χ4n) is 0. The molecule has 11 heteroatoms. The number of carbonyl (C=O) groups excluding carboxylic acids is 6. The zero-order chi connectivity index (χ0) is 15.6. The first-order valence-corrected chi connectivity index (χ1v) is 3.99. The topological polar surface area (TPSA) is 196 Å². The molecule has 0 aromatic rings. The van der Waals surface area contributed by atoms with Gasteiger partial charge in [-0.2, -0.15) is 0 Å². The van der Waals surface area contributed by atoms with Crippen LogP contribution in [0.5, 0.6) is 0 Å². The molecule has 4 N–H and O–H groups in total. The second-order valence-corrected chi connectivity index (χ2v) is 0.922. The van der Waals surface area contributed by atoms with Crippen LogP contribution in [0, 0.1) is 0 Å². The summed E-state index contributed by atoms with van der Waals surface area (Å²) < 4.78 is 25.7. The second kappa shape index (κ2) is 1920. The third kappa shape index (κ3) is 590. The number of rotatable bonds is 0. The van der Waals surface area contributed by atoms with Crippen LogP contribution >= 0.6 is 0 Å². The normalized spacial score (nSPS) is 2.88. The zero-order valence-corrected chi connectivity index (χ0v) is 10.8. The van der Waals surface area contributed by atoms with Gasteiger partial charge in [0.2, 0.25) is 0 Å². The van der Waals surface area contributed by atoms with Crippen molar-refractivity contribution in [3.05, 3.63) is 0 Å². The summed E-state index contributed by atoms with van der Waals surface area (Å²) in [6, 6.07) is 0. The summed E-state index contributed by atoms with van der Waals surface area (Å²) in [6.45, 7) is 12.0.